The van der Waals surface area contributed by atoms with Crippen LogP contribution in [0.25, 0.3) is 0 Å². The number of nitrogens with one attached hydrogen (secondary N) is 1. The van der Waals surface area contributed by atoms with E-state index in [1.165, 1.54) is 18.2 Å². The third-order valence-corrected chi connectivity index (χ3v) is 5.26. The molecule has 2 rings (SSSR count). The first-order valence-electron chi connectivity index (χ1n) is 9.34. The summed E-state index contributed by atoms with van der Waals surface area (Å²) >= 11 is 0.909. The van der Waals surface area contributed by atoms with Crippen molar-refractivity contribution in [2.75, 3.05) is 25.1 Å². The molecule has 10 nitrogen and oxygen atoms in total. The monoisotopic (exact) mass is 450 g/mol. The van der Waals surface area contributed by atoms with E-state index >= 15 is 0 Å². The van der Waals surface area contributed by atoms with E-state index < -0.39 is 29.4 Å². The molecule has 1 amide bonds. The summed E-state index contributed by atoms with van der Waals surface area (Å²) in [5.41, 5.74) is 0.832. The second kappa shape index (κ2) is 10.5. The summed E-state index contributed by atoms with van der Waals surface area (Å²) in [6, 6.07) is 4.01. The van der Waals surface area contributed by atoms with Crippen molar-refractivity contribution < 1.29 is 33.5 Å². The first-order valence-corrected chi connectivity index (χ1v) is 10.2. The molecule has 0 atom stereocenters. The van der Waals surface area contributed by atoms with Gasteiger partial charge in [-0.05, 0) is 44.9 Å². The predicted octanol–water partition coefficient (Wildman–Crippen LogP) is 3.64. The molecule has 31 heavy (non-hydrogen) atoms. The molecule has 11 heteroatoms. The molecule has 0 saturated heterocycles. The lowest BCUT2D eigenvalue weighted by molar-refractivity contribution is -0.384. The number of non-ortho nitro benzene ring substituents is 1. The van der Waals surface area contributed by atoms with Crippen molar-refractivity contribution in [3.63, 3.8) is 0 Å². The molecule has 1 heterocycles. The minimum absolute atomic E-state index is 0.0785. The maximum atomic E-state index is 12.4. The van der Waals surface area contributed by atoms with Crippen LogP contribution >= 0.6 is 11.3 Å². The van der Waals surface area contributed by atoms with Crippen LogP contribution in [0.2, 0.25) is 0 Å². The Hall–Kier alpha value is -3.47. The Bertz CT molecular complexity index is 1010. The fourth-order valence-corrected chi connectivity index (χ4v) is 3.76. The van der Waals surface area contributed by atoms with Crippen LogP contribution in [0.15, 0.2) is 18.2 Å². The third-order valence-electron chi connectivity index (χ3n) is 4.07. The van der Waals surface area contributed by atoms with Gasteiger partial charge in [-0.1, -0.05) is 0 Å². The minimum Gasteiger partial charge on any atom is -0.483 e. The van der Waals surface area contributed by atoms with E-state index in [0.717, 1.165) is 11.3 Å². The van der Waals surface area contributed by atoms with Crippen LogP contribution in [-0.4, -0.2) is 42.6 Å². The molecular formula is C20H22N2O8S. The Kier molecular flexibility index (Phi) is 8.08. The highest BCUT2D eigenvalue weighted by Crippen LogP contribution is 2.34. The van der Waals surface area contributed by atoms with Gasteiger partial charge in [0.1, 0.15) is 15.6 Å². The molecule has 0 bridgehead atoms. The first-order chi connectivity index (χ1) is 14.7. The second-order valence-corrected chi connectivity index (χ2v) is 7.27. The Morgan fingerprint density at radius 2 is 1.74 bits per heavy atom. The van der Waals surface area contributed by atoms with E-state index in [9.17, 15) is 24.5 Å². The number of rotatable bonds is 9. The van der Waals surface area contributed by atoms with Gasteiger partial charge in [-0.3, -0.25) is 14.9 Å². The Labute approximate surface area is 182 Å². The number of hydrogen-bond donors (Lipinski definition) is 1. The molecule has 166 valence electrons. The molecular weight excluding hydrogens is 428 g/mol. The van der Waals surface area contributed by atoms with Gasteiger partial charge in [0, 0.05) is 12.1 Å². The predicted molar refractivity (Wildman–Crippen MR) is 113 cm³/mol. The summed E-state index contributed by atoms with van der Waals surface area (Å²) in [5.74, 6) is -1.55. The molecule has 0 unspecified atom stereocenters. The number of thiophene rings is 1. The highest BCUT2D eigenvalue weighted by Gasteiger charge is 2.27. The number of nitrogens with zero attached hydrogens (tertiary/aromatic N) is 1. The Morgan fingerprint density at radius 1 is 1.10 bits per heavy atom. The number of aryl methyl sites for hydroxylation is 1. The summed E-state index contributed by atoms with van der Waals surface area (Å²) in [4.78, 5) is 47.4. The van der Waals surface area contributed by atoms with Crippen LogP contribution in [0.3, 0.4) is 0 Å². The maximum Gasteiger partial charge on any atom is 0.348 e. The number of esters is 2. The van der Waals surface area contributed by atoms with E-state index in [-0.39, 0.29) is 34.3 Å². The smallest absolute Gasteiger partial charge is 0.348 e. The summed E-state index contributed by atoms with van der Waals surface area (Å²) in [5, 5.41) is 13.5. The lowest BCUT2D eigenvalue weighted by atomic mass is 10.1. The SMILES string of the molecule is CCOC(=O)c1sc(NC(=O)COc2ccc([N+](=O)[O-])cc2C)c(C(=O)OCC)c1C. The zero-order valence-corrected chi connectivity index (χ0v) is 18.3. The zero-order valence-electron chi connectivity index (χ0n) is 17.5. The van der Waals surface area contributed by atoms with Crippen molar-refractivity contribution in [3.05, 3.63) is 49.9 Å². The molecule has 0 radical (unpaired) electrons. The average Bonchev–Trinajstić information content (AvgIpc) is 3.03. The molecule has 0 saturated carbocycles. The molecule has 0 aliphatic carbocycles. The number of benzene rings is 1. The van der Waals surface area contributed by atoms with Gasteiger partial charge < -0.3 is 19.5 Å². The van der Waals surface area contributed by atoms with Crippen LogP contribution in [0, 0.1) is 24.0 Å². The van der Waals surface area contributed by atoms with Crippen molar-refractivity contribution in [2.24, 2.45) is 0 Å². The topological polar surface area (TPSA) is 134 Å². The fourth-order valence-electron chi connectivity index (χ4n) is 2.66. The van der Waals surface area contributed by atoms with Crippen LogP contribution in [0.1, 0.15) is 45.0 Å². The van der Waals surface area contributed by atoms with Gasteiger partial charge >= 0.3 is 11.9 Å². The van der Waals surface area contributed by atoms with E-state index in [1.54, 1.807) is 27.7 Å². The van der Waals surface area contributed by atoms with E-state index in [1.807, 2.05) is 0 Å². The van der Waals surface area contributed by atoms with Crippen LogP contribution < -0.4 is 10.1 Å². The van der Waals surface area contributed by atoms with Crippen molar-refractivity contribution in [1.29, 1.82) is 0 Å². The number of carbonyl (C=O) groups is 3. The quantitative estimate of drug-likeness (QED) is 0.348. The molecule has 0 fully saturated rings. The number of anilines is 1. The summed E-state index contributed by atoms with van der Waals surface area (Å²) in [6.07, 6.45) is 0. The van der Waals surface area contributed by atoms with Gasteiger partial charge in [0.05, 0.1) is 23.7 Å². The first kappa shape index (κ1) is 23.8. The summed E-state index contributed by atoms with van der Waals surface area (Å²) < 4.78 is 15.5. The van der Waals surface area contributed by atoms with Crippen molar-refractivity contribution in [1.82, 2.24) is 0 Å². The summed E-state index contributed by atoms with van der Waals surface area (Å²) in [7, 11) is 0. The van der Waals surface area contributed by atoms with E-state index in [2.05, 4.69) is 5.32 Å². The van der Waals surface area contributed by atoms with Gasteiger partial charge in [-0.15, -0.1) is 11.3 Å². The van der Waals surface area contributed by atoms with E-state index in [4.69, 9.17) is 14.2 Å². The molecule has 0 aliphatic rings. The average molecular weight is 450 g/mol. The number of amides is 1. The molecule has 0 aliphatic heterocycles. The molecule has 1 aromatic heterocycles. The second-order valence-electron chi connectivity index (χ2n) is 6.25. The molecule has 2 aromatic rings. The van der Waals surface area contributed by atoms with Gasteiger partial charge in [-0.2, -0.15) is 0 Å². The fraction of sp³-hybridized carbons (Fsp3) is 0.350. The lowest BCUT2D eigenvalue weighted by Crippen LogP contribution is -2.21. The van der Waals surface area contributed by atoms with Crippen molar-refractivity contribution in [2.45, 2.75) is 27.7 Å². The highest BCUT2D eigenvalue weighted by atomic mass is 32.1. The van der Waals surface area contributed by atoms with E-state index in [0.29, 0.717) is 16.9 Å². The van der Waals surface area contributed by atoms with Crippen LogP contribution in [-0.2, 0) is 14.3 Å². The van der Waals surface area contributed by atoms with Gasteiger partial charge in [0.15, 0.2) is 6.61 Å². The number of nitro groups is 1. The number of carbonyl (C=O) groups excluding carboxylic acids is 3. The Morgan fingerprint density at radius 3 is 2.32 bits per heavy atom. The lowest BCUT2D eigenvalue weighted by Gasteiger charge is -2.10. The van der Waals surface area contributed by atoms with Gasteiger partial charge in [0.25, 0.3) is 11.6 Å². The Balaban J connectivity index is 2.19. The van der Waals surface area contributed by atoms with Crippen molar-refractivity contribution in [3.8, 4) is 5.75 Å². The molecule has 0 spiro atoms. The van der Waals surface area contributed by atoms with Crippen LogP contribution in [0.5, 0.6) is 5.75 Å². The molecule has 1 aromatic carbocycles. The van der Waals surface area contributed by atoms with Crippen LogP contribution in [0.4, 0.5) is 10.7 Å². The normalized spacial score (nSPS) is 10.3. The largest absolute Gasteiger partial charge is 0.483 e. The number of hydrogen-bond acceptors (Lipinski definition) is 9. The summed E-state index contributed by atoms with van der Waals surface area (Å²) in [6.45, 7) is 6.37. The van der Waals surface area contributed by atoms with Gasteiger partial charge in [0.2, 0.25) is 0 Å². The minimum atomic E-state index is -0.672. The highest BCUT2D eigenvalue weighted by molar-refractivity contribution is 7.18. The zero-order chi connectivity index (χ0) is 23.1. The standard InChI is InChI=1S/C20H22N2O8S/c1-5-28-19(24)16-12(4)17(20(25)29-6-2)31-18(16)21-15(23)10-30-14-8-7-13(22(26)27)9-11(14)3/h7-9H,5-6,10H2,1-4H3,(H,21,23). The maximum absolute atomic E-state index is 12.4. The number of nitro benzene ring substituents is 1. The number of ether oxygens (including phenoxy) is 3. The van der Waals surface area contributed by atoms with Crippen molar-refractivity contribution >= 4 is 39.9 Å². The van der Waals surface area contributed by atoms with Gasteiger partial charge in [-0.25, -0.2) is 9.59 Å². The molecule has 1 N–H and O–H groups in total. The third kappa shape index (κ3) is 5.79.